The Labute approximate surface area is 116 Å². The minimum Gasteiger partial charge on any atom is -0.181 e. The van der Waals surface area contributed by atoms with Crippen LogP contribution in [0, 0.1) is 13.8 Å². The van der Waals surface area contributed by atoms with E-state index in [0.717, 1.165) is 11.0 Å². The highest BCUT2D eigenvalue weighted by Gasteiger charge is 2.14. The van der Waals surface area contributed by atoms with Crippen LogP contribution >= 0.6 is 11.3 Å². The van der Waals surface area contributed by atoms with Crippen molar-refractivity contribution < 1.29 is 0 Å². The van der Waals surface area contributed by atoms with Gasteiger partial charge in [-0.25, -0.2) is 0 Å². The smallest absolute Gasteiger partial charge is 0.116 e. The lowest BCUT2D eigenvalue weighted by molar-refractivity contribution is 0.472. The Morgan fingerprint density at radius 3 is 2.58 bits per heavy atom. The number of rotatable bonds is 2. The van der Waals surface area contributed by atoms with Crippen molar-refractivity contribution in [3.8, 4) is 11.1 Å². The summed E-state index contributed by atoms with van der Waals surface area (Å²) in [6, 6.07) is 4.60. The molecule has 0 bridgehead atoms. The van der Waals surface area contributed by atoms with Gasteiger partial charge in [0.05, 0.1) is 6.04 Å². The average molecular weight is 271 g/mol. The highest BCUT2D eigenvalue weighted by molar-refractivity contribution is 7.08. The highest BCUT2D eigenvalue weighted by Crippen LogP contribution is 2.31. The summed E-state index contributed by atoms with van der Waals surface area (Å²) in [5, 5.41) is 13.5. The van der Waals surface area contributed by atoms with E-state index in [1.54, 1.807) is 16.1 Å². The number of fused-ring (bicyclic) bond motifs is 1. The van der Waals surface area contributed by atoms with Crippen LogP contribution in [0.5, 0.6) is 0 Å². The minimum atomic E-state index is 0.289. The molecule has 0 amide bonds. The van der Waals surface area contributed by atoms with Gasteiger partial charge in [-0.05, 0) is 72.8 Å². The van der Waals surface area contributed by atoms with Crippen molar-refractivity contribution in [3.63, 3.8) is 0 Å². The van der Waals surface area contributed by atoms with Crippen LogP contribution in [-0.4, -0.2) is 15.0 Å². The molecular weight excluding hydrogens is 254 g/mol. The van der Waals surface area contributed by atoms with E-state index >= 15 is 0 Å². The lowest BCUT2D eigenvalue weighted by Gasteiger charge is -2.07. The zero-order valence-corrected chi connectivity index (χ0v) is 12.5. The van der Waals surface area contributed by atoms with E-state index in [2.05, 4.69) is 60.8 Å². The van der Waals surface area contributed by atoms with Crippen LogP contribution in [0.15, 0.2) is 22.9 Å². The first-order chi connectivity index (χ1) is 9.08. The van der Waals surface area contributed by atoms with Gasteiger partial charge in [-0.3, -0.25) is 0 Å². The second-order valence-corrected chi connectivity index (χ2v) is 5.95. The maximum atomic E-state index is 4.60. The number of thiophene rings is 1. The molecule has 1 aromatic carbocycles. The molecule has 0 atom stereocenters. The summed E-state index contributed by atoms with van der Waals surface area (Å²) in [5.41, 5.74) is 7.06. The highest BCUT2D eigenvalue weighted by atomic mass is 32.1. The molecule has 3 rings (SSSR count). The van der Waals surface area contributed by atoms with Gasteiger partial charge >= 0.3 is 0 Å². The summed E-state index contributed by atoms with van der Waals surface area (Å²) in [7, 11) is 0. The third kappa shape index (κ3) is 1.96. The molecule has 2 heterocycles. The average Bonchev–Trinajstić information content (AvgIpc) is 3.02. The third-order valence-electron chi connectivity index (χ3n) is 3.55. The fourth-order valence-corrected chi connectivity index (χ4v) is 2.93. The van der Waals surface area contributed by atoms with Gasteiger partial charge < -0.3 is 0 Å². The van der Waals surface area contributed by atoms with Crippen molar-refractivity contribution in [2.75, 3.05) is 0 Å². The van der Waals surface area contributed by atoms with Gasteiger partial charge in [0.15, 0.2) is 0 Å². The number of hydrogen-bond acceptors (Lipinski definition) is 3. The molecule has 3 nitrogen and oxygen atoms in total. The van der Waals surface area contributed by atoms with E-state index in [1.165, 1.54) is 22.3 Å². The van der Waals surface area contributed by atoms with Gasteiger partial charge in [0.25, 0.3) is 0 Å². The first-order valence-corrected chi connectivity index (χ1v) is 7.41. The summed E-state index contributed by atoms with van der Waals surface area (Å²) in [4.78, 5) is 1.80. The number of aryl methyl sites for hydroxylation is 1. The Bertz CT molecular complexity index is 724. The SMILES string of the molecule is Cc1c(-c2ccsc2)cc2nn(C(C)C)nc2c1C. The molecule has 0 unspecified atom stereocenters. The first kappa shape index (κ1) is 12.4. The van der Waals surface area contributed by atoms with E-state index in [4.69, 9.17) is 0 Å². The molecular formula is C15H17N3S. The van der Waals surface area contributed by atoms with Crippen molar-refractivity contribution in [1.82, 2.24) is 15.0 Å². The van der Waals surface area contributed by atoms with E-state index < -0.39 is 0 Å². The number of aromatic nitrogens is 3. The zero-order chi connectivity index (χ0) is 13.6. The van der Waals surface area contributed by atoms with Crippen LogP contribution in [0.2, 0.25) is 0 Å². The number of nitrogens with zero attached hydrogens (tertiary/aromatic N) is 3. The van der Waals surface area contributed by atoms with Crippen LogP contribution in [0.1, 0.15) is 31.0 Å². The molecule has 0 aliphatic heterocycles. The molecule has 2 aromatic heterocycles. The van der Waals surface area contributed by atoms with Crippen LogP contribution in [0.4, 0.5) is 0 Å². The fraction of sp³-hybridized carbons (Fsp3) is 0.333. The van der Waals surface area contributed by atoms with Crippen molar-refractivity contribution in [2.45, 2.75) is 33.7 Å². The predicted molar refractivity (Wildman–Crippen MR) is 80.7 cm³/mol. The second kappa shape index (κ2) is 4.46. The van der Waals surface area contributed by atoms with E-state index in [9.17, 15) is 0 Å². The van der Waals surface area contributed by atoms with Gasteiger partial charge in [-0.2, -0.15) is 26.3 Å². The molecule has 19 heavy (non-hydrogen) atoms. The van der Waals surface area contributed by atoms with Crippen LogP contribution in [0.3, 0.4) is 0 Å². The molecule has 0 N–H and O–H groups in total. The van der Waals surface area contributed by atoms with Crippen molar-refractivity contribution in [3.05, 3.63) is 34.0 Å². The summed E-state index contributed by atoms with van der Waals surface area (Å²) in [6.45, 7) is 8.49. The van der Waals surface area contributed by atoms with Gasteiger partial charge in [-0.1, -0.05) is 0 Å². The molecule has 0 fully saturated rings. The summed E-state index contributed by atoms with van der Waals surface area (Å²) in [6.07, 6.45) is 0. The molecule has 0 radical (unpaired) electrons. The third-order valence-corrected chi connectivity index (χ3v) is 4.24. The van der Waals surface area contributed by atoms with Crippen molar-refractivity contribution in [1.29, 1.82) is 0 Å². The van der Waals surface area contributed by atoms with Crippen LogP contribution in [-0.2, 0) is 0 Å². The van der Waals surface area contributed by atoms with Crippen molar-refractivity contribution >= 4 is 22.4 Å². The summed E-state index contributed by atoms with van der Waals surface area (Å²) in [5.74, 6) is 0. The lowest BCUT2D eigenvalue weighted by atomic mass is 9.98. The van der Waals surface area contributed by atoms with Gasteiger partial charge in [-0.15, -0.1) is 0 Å². The standard InChI is InChI=1S/C15H17N3S/c1-9(2)18-16-14-7-13(12-5-6-19-8-12)10(3)11(4)15(14)17-18/h5-9H,1-4H3. The first-order valence-electron chi connectivity index (χ1n) is 6.47. The van der Waals surface area contributed by atoms with Crippen LogP contribution in [0.25, 0.3) is 22.2 Å². The number of benzene rings is 1. The van der Waals surface area contributed by atoms with Gasteiger partial charge in [0, 0.05) is 0 Å². The fourth-order valence-electron chi connectivity index (χ4n) is 2.27. The van der Waals surface area contributed by atoms with Gasteiger partial charge in [0.2, 0.25) is 0 Å². The molecule has 3 aromatic rings. The minimum absolute atomic E-state index is 0.289. The molecule has 0 spiro atoms. The molecule has 0 aliphatic rings. The Morgan fingerprint density at radius 1 is 1.16 bits per heavy atom. The molecule has 98 valence electrons. The summed E-state index contributed by atoms with van der Waals surface area (Å²) >= 11 is 1.72. The quantitative estimate of drug-likeness (QED) is 0.693. The number of hydrogen-bond donors (Lipinski definition) is 0. The Balaban J connectivity index is 2.29. The lowest BCUT2D eigenvalue weighted by Crippen LogP contribution is -2.04. The maximum absolute atomic E-state index is 4.60. The van der Waals surface area contributed by atoms with E-state index in [0.29, 0.717) is 0 Å². The Kier molecular flexibility index (Phi) is 2.90. The largest absolute Gasteiger partial charge is 0.181 e. The van der Waals surface area contributed by atoms with E-state index in [1.807, 2.05) is 0 Å². The molecule has 0 saturated carbocycles. The maximum Gasteiger partial charge on any atom is 0.116 e. The normalized spacial score (nSPS) is 11.6. The monoisotopic (exact) mass is 271 g/mol. The Morgan fingerprint density at radius 2 is 1.95 bits per heavy atom. The molecule has 0 aliphatic carbocycles. The summed E-state index contributed by atoms with van der Waals surface area (Å²) < 4.78 is 0. The predicted octanol–water partition coefficient (Wildman–Crippen LogP) is 4.36. The Hall–Kier alpha value is -1.68. The van der Waals surface area contributed by atoms with Crippen LogP contribution < -0.4 is 0 Å². The molecule has 4 heteroatoms. The van der Waals surface area contributed by atoms with Crippen molar-refractivity contribution in [2.24, 2.45) is 0 Å². The zero-order valence-electron chi connectivity index (χ0n) is 11.6. The van der Waals surface area contributed by atoms with E-state index in [-0.39, 0.29) is 6.04 Å². The topological polar surface area (TPSA) is 30.7 Å². The molecule has 0 saturated heterocycles. The van der Waals surface area contributed by atoms with Gasteiger partial charge in [0.1, 0.15) is 11.0 Å². The second-order valence-electron chi connectivity index (χ2n) is 5.17.